The zero-order valence-electron chi connectivity index (χ0n) is 13.0. The summed E-state index contributed by atoms with van der Waals surface area (Å²) in [6, 6.07) is -1.06. The van der Waals surface area contributed by atoms with Gasteiger partial charge in [-0.2, -0.15) is 0 Å². The van der Waals surface area contributed by atoms with E-state index in [0.29, 0.717) is 19.4 Å². The van der Waals surface area contributed by atoms with Gasteiger partial charge in [0.15, 0.2) is 0 Å². The predicted octanol–water partition coefficient (Wildman–Crippen LogP) is 0.240. The Hall–Kier alpha value is -1.34. The summed E-state index contributed by atoms with van der Waals surface area (Å²) in [5.41, 5.74) is 0. The maximum atomic E-state index is 12.4. The maximum Gasteiger partial charge on any atom is 0.407 e. The molecule has 1 heterocycles. The molecule has 0 radical (unpaired) electrons. The van der Waals surface area contributed by atoms with Gasteiger partial charge in [-0.05, 0) is 31.7 Å². The number of nitrogens with zero attached hydrogens (tertiary/aromatic N) is 1. The Labute approximate surface area is 125 Å². The van der Waals surface area contributed by atoms with Crippen molar-refractivity contribution in [1.82, 2.24) is 15.5 Å². The smallest absolute Gasteiger partial charge is 0.407 e. The Morgan fingerprint density at radius 3 is 2.67 bits per heavy atom. The van der Waals surface area contributed by atoms with Crippen molar-refractivity contribution in [3.63, 3.8) is 0 Å². The third kappa shape index (κ3) is 5.51. The fraction of sp³-hybridized carbons (Fsp3) is 0.857. The molecule has 7 heteroatoms. The number of likely N-dealkylation sites (N-methyl/N-ethyl adjacent to an activating group) is 1. The third-order valence-electron chi connectivity index (χ3n) is 3.78. The van der Waals surface area contributed by atoms with Crippen molar-refractivity contribution >= 4 is 12.0 Å². The monoisotopic (exact) mass is 301 g/mol. The molecule has 2 unspecified atom stereocenters. The molecule has 7 nitrogen and oxygen atoms in total. The van der Waals surface area contributed by atoms with Crippen LogP contribution in [0.1, 0.15) is 33.1 Å². The van der Waals surface area contributed by atoms with Crippen LogP contribution in [-0.2, 0) is 4.79 Å². The Bertz CT molecular complexity index is 362. The van der Waals surface area contributed by atoms with Gasteiger partial charge < -0.3 is 20.8 Å². The van der Waals surface area contributed by atoms with Crippen molar-refractivity contribution in [2.75, 3.05) is 20.1 Å². The number of carboxylic acid groups (broad SMARTS) is 1. The molecule has 122 valence electrons. The molecule has 0 aromatic rings. The lowest BCUT2D eigenvalue weighted by molar-refractivity contribution is -0.127. The lowest BCUT2D eigenvalue weighted by atomic mass is 10.0. The van der Waals surface area contributed by atoms with Crippen LogP contribution in [0.2, 0.25) is 0 Å². The summed E-state index contributed by atoms with van der Waals surface area (Å²) < 4.78 is 0. The highest BCUT2D eigenvalue weighted by Crippen LogP contribution is 2.13. The molecule has 21 heavy (non-hydrogen) atoms. The third-order valence-corrected chi connectivity index (χ3v) is 3.78. The first kappa shape index (κ1) is 17.7. The number of rotatable bonds is 5. The fourth-order valence-electron chi connectivity index (χ4n) is 2.50. The van der Waals surface area contributed by atoms with E-state index < -0.39 is 18.2 Å². The Kier molecular flexibility index (Phi) is 6.91. The summed E-state index contributed by atoms with van der Waals surface area (Å²) in [4.78, 5) is 24.6. The van der Waals surface area contributed by atoms with Crippen LogP contribution in [0.5, 0.6) is 0 Å². The number of carbonyl (C=O) groups is 2. The minimum absolute atomic E-state index is 0.197. The number of hydrogen-bond donors (Lipinski definition) is 4. The minimum atomic E-state index is -1.13. The predicted molar refractivity (Wildman–Crippen MR) is 79.1 cm³/mol. The molecule has 0 saturated carbocycles. The minimum Gasteiger partial charge on any atom is -0.465 e. The van der Waals surface area contributed by atoms with E-state index >= 15 is 0 Å². The molecule has 1 fully saturated rings. The van der Waals surface area contributed by atoms with Crippen molar-refractivity contribution < 1.29 is 19.8 Å². The van der Waals surface area contributed by atoms with Crippen molar-refractivity contribution in [3.05, 3.63) is 0 Å². The highest BCUT2D eigenvalue weighted by molar-refractivity contribution is 5.85. The molecule has 1 aliphatic heterocycles. The van der Waals surface area contributed by atoms with E-state index in [1.807, 2.05) is 13.8 Å². The number of aliphatic hydroxyl groups excluding tert-OH is 1. The quantitative estimate of drug-likeness (QED) is 0.583. The summed E-state index contributed by atoms with van der Waals surface area (Å²) in [7, 11) is 1.40. The number of aliphatic hydroxyl groups is 1. The summed E-state index contributed by atoms with van der Waals surface area (Å²) in [5, 5.41) is 25.0. The first-order chi connectivity index (χ1) is 9.82. The molecule has 0 aromatic heterocycles. The van der Waals surface area contributed by atoms with Gasteiger partial charge in [-0.1, -0.05) is 13.8 Å². The van der Waals surface area contributed by atoms with Crippen LogP contribution in [0, 0.1) is 5.92 Å². The number of nitrogens with one attached hydrogen (secondary N) is 2. The van der Waals surface area contributed by atoms with Crippen LogP contribution >= 0.6 is 0 Å². The van der Waals surface area contributed by atoms with Gasteiger partial charge in [0.25, 0.3) is 0 Å². The molecule has 0 aromatic carbocycles. The van der Waals surface area contributed by atoms with E-state index in [9.17, 15) is 14.7 Å². The summed E-state index contributed by atoms with van der Waals surface area (Å²) in [6.07, 6.45) is 0.233. The van der Waals surface area contributed by atoms with E-state index in [1.165, 1.54) is 7.05 Å². The molecule has 4 N–H and O–H groups in total. The lowest BCUT2D eigenvalue weighted by Crippen LogP contribution is -2.53. The second-order valence-electron chi connectivity index (χ2n) is 6.07. The molecule has 0 spiro atoms. The molecule has 1 rings (SSSR count). The van der Waals surface area contributed by atoms with Gasteiger partial charge in [-0.25, -0.2) is 4.79 Å². The standard InChI is InChI=1S/C14H27N3O4/c1-9(2)7-11(17(3)14(20)21)13(19)16-10-5-4-6-15-8-12(10)18/h9-12,15,18H,4-8H2,1-3H3,(H,16,19)(H,20,21)/t10?,11-,12?/m0/s1. The molecular formula is C14H27N3O4. The lowest BCUT2D eigenvalue weighted by Gasteiger charge is -2.29. The van der Waals surface area contributed by atoms with Gasteiger partial charge in [-0.15, -0.1) is 0 Å². The molecule has 0 bridgehead atoms. The van der Waals surface area contributed by atoms with Crippen molar-refractivity contribution in [3.8, 4) is 0 Å². The van der Waals surface area contributed by atoms with E-state index in [-0.39, 0.29) is 17.9 Å². The zero-order chi connectivity index (χ0) is 16.0. The summed E-state index contributed by atoms with van der Waals surface area (Å²) in [5.74, 6) is -0.136. The van der Waals surface area contributed by atoms with Crippen LogP contribution in [0.3, 0.4) is 0 Å². The molecule has 3 atom stereocenters. The largest absolute Gasteiger partial charge is 0.465 e. The Morgan fingerprint density at radius 2 is 2.10 bits per heavy atom. The Morgan fingerprint density at radius 1 is 1.43 bits per heavy atom. The second-order valence-corrected chi connectivity index (χ2v) is 6.07. The highest BCUT2D eigenvalue weighted by Gasteiger charge is 2.31. The summed E-state index contributed by atoms with van der Waals surface area (Å²) in [6.45, 7) is 5.14. The van der Waals surface area contributed by atoms with Crippen LogP contribution in [-0.4, -0.2) is 65.4 Å². The molecule has 1 saturated heterocycles. The van der Waals surface area contributed by atoms with Crippen LogP contribution in [0.4, 0.5) is 4.79 Å². The molecular weight excluding hydrogens is 274 g/mol. The number of hydrogen-bond acceptors (Lipinski definition) is 4. The van der Waals surface area contributed by atoms with E-state index in [2.05, 4.69) is 10.6 Å². The fourth-order valence-corrected chi connectivity index (χ4v) is 2.50. The molecule has 1 aliphatic rings. The van der Waals surface area contributed by atoms with E-state index in [1.54, 1.807) is 0 Å². The van der Waals surface area contributed by atoms with Gasteiger partial charge in [0.2, 0.25) is 5.91 Å². The van der Waals surface area contributed by atoms with Gasteiger partial charge in [-0.3, -0.25) is 9.69 Å². The van der Waals surface area contributed by atoms with Crippen molar-refractivity contribution in [2.24, 2.45) is 5.92 Å². The van der Waals surface area contributed by atoms with Crippen LogP contribution in [0.15, 0.2) is 0 Å². The summed E-state index contributed by atoms with van der Waals surface area (Å²) >= 11 is 0. The second kappa shape index (κ2) is 8.19. The highest BCUT2D eigenvalue weighted by atomic mass is 16.4. The van der Waals surface area contributed by atoms with Crippen LogP contribution < -0.4 is 10.6 Å². The SMILES string of the molecule is CC(C)C[C@@H](C(=O)NC1CCCNCC1O)N(C)C(=O)O. The maximum absolute atomic E-state index is 12.4. The molecule has 0 aliphatic carbocycles. The molecule has 2 amide bonds. The van der Waals surface area contributed by atoms with Gasteiger partial charge >= 0.3 is 6.09 Å². The van der Waals surface area contributed by atoms with Gasteiger partial charge in [0.05, 0.1) is 12.1 Å². The van der Waals surface area contributed by atoms with Crippen LogP contribution in [0.25, 0.3) is 0 Å². The average Bonchev–Trinajstić information content (AvgIpc) is 2.60. The average molecular weight is 301 g/mol. The van der Waals surface area contributed by atoms with E-state index in [0.717, 1.165) is 17.9 Å². The number of carbonyl (C=O) groups excluding carboxylic acids is 1. The Balaban J connectivity index is 2.72. The number of β-amino-alcohol motifs (C(OH)–C–C–N with tert-alkyl or cyclic N) is 1. The van der Waals surface area contributed by atoms with Gasteiger partial charge in [0.1, 0.15) is 6.04 Å². The van der Waals surface area contributed by atoms with E-state index in [4.69, 9.17) is 5.11 Å². The normalized spacial score (nSPS) is 24.2. The van der Waals surface area contributed by atoms with Crippen molar-refractivity contribution in [1.29, 1.82) is 0 Å². The topological polar surface area (TPSA) is 102 Å². The van der Waals surface area contributed by atoms with Crippen molar-refractivity contribution in [2.45, 2.75) is 51.3 Å². The first-order valence-corrected chi connectivity index (χ1v) is 7.47. The van der Waals surface area contributed by atoms with Gasteiger partial charge in [0, 0.05) is 13.6 Å². The zero-order valence-corrected chi connectivity index (χ0v) is 13.0. The first-order valence-electron chi connectivity index (χ1n) is 7.47. The number of amides is 2.